The summed E-state index contributed by atoms with van der Waals surface area (Å²) in [6.45, 7) is 8.61. The van der Waals surface area contributed by atoms with E-state index in [0.29, 0.717) is 22.3 Å². The van der Waals surface area contributed by atoms with E-state index in [9.17, 15) is 27.6 Å². The number of nitrogens with one attached hydrogen (secondary N) is 2. The lowest BCUT2D eigenvalue weighted by atomic mass is 9.95. The Labute approximate surface area is 234 Å². The summed E-state index contributed by atoms with van der Waals surface area (Å²) in [6.07, 6.45) is -4.80. The van der Waals surface area contributed by atoms with E-state index >= 15 is 0 Å². The predicted octanol–water partition coefficient (Wildman–Crippen LogP) is 4.89. The van der Waals surface area contributed by atoms with Crippen LogP contribution in [0.5, 0.6) is 0 Å². The van der Waals surface area contributed by atoms with Gasteiger partial charge in [-0.05, 0) is 42.3 Å². The van der Waals surface area contributed by atoms with Crippen LogP contribution in [0.4, 0.5) is 24.5 Å². The Hall–Kier alpha value is -2.67. The zero-order valence-corrected chi connectivity index (χ0v) is 23.7. The minimum Gasteiger partial charge on any atom is -0.370 e. The van der Waals surface area contributed by atoms with E-state index in [4.69, 9.17) is 16.3 Å². The van der Waals surface area contributed by atoms with E-state index in [0.717, 1.165) is 23.5 Å². The second-order valence-corrected chi connectivity index (χ2v) is 12.0. The van der Waals surface area contributed by atoms with Gasteiger partial charge in [0.2, 0.25) is 5.91 Å². The van der Waals surface area contributed by atoms with Gasteiger partial charge in [0.1, 0.15) is 12.6 Å². The number of hydrogen-bond acceptors (Lipinski definition) is 6. The van der Waals surface area contributed by atoms with Crippen LogP contribution in [0.3, 0.4) is 0 Å². The van der Waals surface area contributed by atoms with Gasteiger partial charge in [0.25, 0.3) is 11.8 Å². The maximum Gasteiger partial charge on any atom is 0.418 e. The summed E-state index contributed by atoms with van der Waals surface area (Å²) in [5, 5.41) is 5.14. The molecule has 2 N–H and O–H groups in total. The first-order valence-corrected chi connectivity index (χ1v) is 13.6. The van der Waals surface area contributed by atoms with Gasteiger partial charge in [-0.25, -0.2) is 0 Å². The summed E-state index contributed by atoms with van der Waals surface area (Å²) >= 11 is 7.00. The van der Waals surface area contributed by atoms with Crippen LogP contribution in [0.15, 0.2) is 30.3 Å². The summed E-state index contributed by atoms with van der Waals surface area (Å²) in [5.74, 6) is -1.59. The van der Waals surface area contributed by atoms with Crippen molar-refractivity contribution in [3.05, 3.63) is 45.1 Å². The Morgan fingerprint density at radius 2 is 1.92 bits per heavy atom. The van der Waals surface area contributed by atoms with Gasteiger partial charge in [-0.15, -0.1) is 11.3 Å². The molecule has 1 aliphatic heterocycles. The second kappa shape index (κ2) is 12.7. The number of carbonyl (C=O) groups is 3. The van der Waals surface area contributed by atoms with Crippen LogP contribution in [0.2, 0.25) is 4.34 Å². The highest BCUT2D eigenvalue weighted by molar-refractivity contribution is 7.18. The van der Waals surface area contributed by atoms with Gasteiger partial charge in [0.15, 0.2) is 0 Å². The molecule has 0 radical (unpaired) electrons. The van der Waals surface area contributed by atoms with Crippen molar-refractivity contribution in [3.63, 3.8) is 0 Å². The molecule has 1 aliphatic rings. The van der Waals surface area contributed by atoms with Crippen molar-refractivity contribution < 1.29 is 32.3 Å². The van der Waals surface area contributed by atoms with Gasteiger partial charge in [0.05, 0.1) is 27.1 Å². The highest BCUT2D eigenvalue weighted by Crippen LogP contribution is 2.38. The summed E-state index contributed by atoms with van der Waals surface area (Å²) < 4.78 is 47.7. The highest BCUT2D eigenvalue weighted by atomic mass is 35.5. The van der Waals surface area contributed by atoms with E-state index in [1.165, 1.54) is 11.0 Å². The van der Waals surface area contributed by atoms with Gasteiger partial charge >= 0.3 is 6.18 Å². The number of rotatable bonds is 9. The molecule has 0 aliphatic carbocycles. The lowest BCUT2D eigenvalue weighted by Gasteiger charge is -2.35. The number of morpholine rings is 1. The minimum absolute atomic E-state index is 0.0648. The van der Waals surface area contributed by atoms with Crippen molar-refractivity contribution in [2.24, 2.45) is 5.41 Å². The molecule has 0 saturated carbocycles. The molecule has 214 valence electrons. The SMILES string of the molecule is CCN(CC(C)(C)C)[C@H](CNC(=O)c1ccc(Cl)s1)C(=O)Nc1ccc(N2CCOCC2=O)cc1C(F)(F)F. The average Bonchev–Trinajstić information content (AvgIpc) is 3.29. The second-order valence-electron chi connectivity index (χ2n) is 10.3. The first-order chi connectivity index (χ1) is 18.2. The molecule has 1 aromatic heterocycles. The molecule has 3 amide bonds. The number of halogens is 4. The molecule has 8 nitrogen and oxygen atoms in total. The lowest BCUT2D eigenvalue weighted by molar-refractivity contribution is -0.137. The monoisotopic (exact) mass is 588 g/mol. The Balaban J connectivity index is 1.89. The van der Waals surface area contributed by atoms with Crippen molar-refractivity contribution in [2.75, 3.05) is 49.6 Å². The van der Waals surface area contributed by atoms with E-state index < -0.39 is 41.2 Å². The number of likely N-dealkylation sites (N-methyl/N-ethyl adjacent to an activating group) is 1. The molecule has 1 fully saturated rings. The highest BCUT2D eigenvalue weighted by Gasteiger charge is 2.37. The molecule has 1 aromatic carbocycles. The Morgan fingerprint density at radius 1 is 1.21 bits per heavy atom. The summed E-state index contributed by atoms with van der Waals surface area (Å²) in [7, 11) is 0. The third-order valence-corrected chi connectivity index (χ3v) is 7.17. The first-order valence-electron chi connectivity index (χ1n) is 12.4. The molecule has 1 saturated heterocycles. The number of nitrogens with zero attached hydrogens (tertiary/aromatic N) is 2. The molecular formula is C26H32ClF3N4O4S. The van der Waals surface area contributed by atoms with Crippen LogP contribution < -0.4 is 15.5 Å². The van der Waals surface area contributed by atoms with Gasteiger partial charge in [0, 0.05) is 25.3 Å². The molecule has 3 rings (SSSR count). The van der Waals surface area contributed by atoms with Crippen LogP contribution in [-0.4, -0.2) is 68.1 Å². The standard InChI is InChI=1S/C26H32ClF3N4O4S/c1-5-33(15-25(2,3)4)19(13-31-24(37)20-8-9-21(27)39-20)23(36)32-18-7-6-16(12-17(18)26(28,29)30)34-10-11-38-14-22(34)35/h6-9,12,19H,5,10-11,13-15H2,1-4H3,(H,31,37)(H,32,36)/t19-/m1/s1. The molecule has 2 aromatic rings. The van der Waals surface area contributed by atoms with E-state index in [-0.39, 0.29) is 37.4 Å². The number of thiophene rings is 1. The smallest absolute Gasteiger partial charge is 0.370 e. The Kier molecular flexibility index (Phi) is 10.0. The molecule has 1 atom stereocenters. The third-order valence-electron chi connectivity index (χ3n) is 5.94. The van der Waals surface area contributed by atoms with E-state index in [1.807, 2.05) is 32.6 Å². The third kappa shape index (κ3) is 8.41. The number of carbonyl (C=O) groups excluding carboxylic acids is 3. The number of alkyl halides is 3. The van der Waals surface area contributed by atoms with E-state index in [1.54, 1.807) is 12.1 Å². The molecule has 2 heterocycles. The molecule has 13 heteroatoms. The maximum atomic E-state index is 14.1. The van der Waals surface area contributed by atoms with Gasteiger partial charge < -0.3 is 20.3 Å². The van der Waals surface area contributed by atoms with Crippen molar-refractivity contribution in [1.82, 2.24) is 10.2 Å². The molecule has 39 heavy (non-hydrogen) atoms. The van der Waals surface area contributed by atoms with Gasteiger partial charge in [-0.3, -0.25) is 19.3 Å². The first kappa shape index (κ1) is 30.9. The molecular weight excluding hydrogens is 557 g/mol. The van der Waals surface area contributed by atoms with Crippen LogP contribution >= 0.6 is 22.9 Å². The predicted molar refractivity (Wildman–Crippen MR) is 145 cm³/mol. The summed E-state index contributed by atoms with van der Waals surface area (Å²) in [6, 6.07) is 5.52. The Morgan fingerprint density at radius 3 is 2.49 bits per heavy atom. The van der Waals surface area contributed by atoms with Crippen molar-refractivity contribution in [2.45, 2.75) is 39.9 Å². The quantitative estimate of drug-likeness (QED) is 0.435. The molecule has 0 unspecified atom stereocenters. The fraction of sp³-hybridized carbons (Fsp3) is 0.500. The van der Waals surface area contributed by atoms with Gasteiger partial charge in [-0.1, -0.05) is 39.3 Å². The van der Waals surface area contributed by atoms with Crippen LogP contribution in [-0.2, 0) is 20.5 Å². The number of benzene rings is 1. The number of hydrogen-bond donors (Lipinski definition) is 2. The van der Waals surface area contributed by atoms with Crippen molar-refractivity contribution in [3.8, 4) is 0 Å². The fourth-order valence-electron chi connectivity index (χ4n) is 4.20. The average molecular weight is 589 g/mol. The van der Waals surface area contributed by atoms with Crippen LogP contribution in [0.25, 0.3) is 0 Å². The lowest BCUT2D eigenvalue weighted by Crippen LogP contribution is -2.52. The van der Waals surface area contributed by atoms with Crippen LogP contribution in [0, 0.1) is 5.41 Å². The Bertz CT molecular complexity index is 1200. The fourth-order valence-corrected chi connectivity index (χ4v) is 5.16. The number of ether oxygens (including phenoxy) is 1. The number of anilines is 2. The minimum atomic E-state index is -4.80. The largest absolute Gasteiger partial charge is 0.418 e. The summed E-state index contributed by atoms with van der Waals surface area (Å²) in [5.41, 5.74) is -1.69. The van der Waals surface area contributed by atoms with E-state index in [2.05, 4.69) is 10.6 Å². The van der Waals surface area contributed by atoms with Crippen molar-refractivity contribution in [1.29, 1.82) is 0 Å². The maximum absolute atomic E-state index is 14.1. The van der Waals surface area contributed by atoms with Gasteiger partial charge in [-0.2, -0.15) is 13.2 Å². The topological polar surface area (TPSA) is 91.0 Å². The molecule has 0 spiro atoms. The molecule has 0 bridgehead atoms. The zero-order chi connectivity index (χ0) is 29.0. The van der Waals surface area contributed by atoms with Crippen LogP contribution in [0.1, 0.15) is 42.9 Å². The normalized spacial score (nSPS) is 15.4. The zero-order valence-electron chi connectivity index (χ0n) is 22.2. The number of amides is 3. The van der Waals surface area contributed by atoms with Crippen molar-refractivity contribution >= 4 is 52.0 Å². The summed E-state index contributed by atoms with van der Waals surface area (Å²) in [4.78, 5) is 41.7.